The molecule has 0 radical (unpaired) electrons. The molecule has 0 aliphatic carbocycles. The van der Waals surface area contributed by atoms with Crippen molar-refractivity contribution in [1.82, 2.24) is 4.98 Å². The number of nitrogens with zero attached hydrogens (tertiary/aromatic N) is 1. The Morgan fingerprint density at radius 3 is 2.57 bits per heavy atom. The highest BCUT2D eigenvalue weighted by Gasteiger charge is 2.05. The molecule has 3 rings (SSSR count). The Hall–Kier alpha value is -2.07. The Kier molecular flexibility index (Phi) is 4.06. The van der Waals surface area contributed by atoms with Gasteiger partial charge in [-0.15, -0.1) is 0 Å². The smallest absolute Gasteiger partial charge is 0.126 e. The number of nitrogens with one attached hydrogen (secondary N) is 1. The van der Waals surface area contributed by atoms with E-state index in [1.165, 1.54) is 10.9 Å². The summed E-state index contributed by atoms with van der Waals surface area (Å²) in [6.07, 6.45) is 1.82. The third-order valence-electron chi connectivity index (χ3n) is 3.40. The van der Waals surface area contributed by atoms with Gasteiger partial charge < -0.3 is 10.1 Å². The predicted octanol–water partition coefficient (Wildman–Crippen LogP) is 4.62. The molecular formula is C17H15BrN2O. The standard InChI is InChI=1S/C17H15BrN2O/c1-21-16-8-6-12(14-4-2-3-5-15(14)16)10-19-13-7-9-17(18)20-11-13/h2-9,11,19H,10H2,1H3. The van der Waals surface area contributed by atoms with Crippen molar-refractivity contribution in [2.75, 3.05) is 12.4 Å². The van der Waals surface area contributed by atoms with Crippen LogP contribution >= 0.6 is 15.9 Å². The van der Waals surface area contributed by atoms with Crippen molar-refractivity contribution in [3.05, 3.63) is 64.9 Å². The molecular weight excluding hydrogens is 328 g/mol. The van der Waals surface area contributed by atoms with Crippen LogP contribution in [0.15, 0.2) is 59.3 Å². The number of fused-ring (bicyclic) bond motifs is 1. The Labute approximate surface area is 132 Å². The van der Waals surface area contributed by atoms with Gasteiger partial charge in [0.2, 0.25) is 0 Å². The van der Waals surface area contributed by atoms with Crippen LogP contribution in [0, 0.1) is 0 Å². The third kappa shape index (κ3) is 3.00. The maximum absolute atomic E-state index is 5.42. The molecule has 0 aliphatic heterocycles. The number of hydrogen-bond donors (Lipinski definition) is 1. The lowest BCUT2D eigenvalue weighted by Gasteiger charge is -2.12. The minimum Gasteiger partial charge on any atom is -0.496 e. The van der Waals surface area contributed by atoms with Gasteiger partial charge in [0.25, 0.3) is 0 Å². The van der Waals surface area contributed by atoms with Crippen LogP contribution in [0.3, 0.4) is 0 Å². The number of ether oxygens (including phenoxy) is 1. The summed E-state index contributed by atoms with van der Waals surface area (Å²) in [5.74, 6) is 0.902. The van der Waals surface area contributed by atoms with E-state index in [1.807, 2.05) is 36.5 Å². The lowest BCUT2D eigenvalue weighted by molar-refractivity contribution is 0.419. The Balaban J connectivity index is 1.89. The van der Waals surface area contributed by atoms with E-state index in [-0.39, 0.29) is 0 Å². The number of halogens is 1. The fourth-order valence-electron chi connectivity index (χ4n) is 2.34. The first kappa shape index (κ1) is 13.9. The molecule has 1 aromatic heterocycles. The molecule has 4 heteroatoms. The fraction of sp³-hybridized carbons (Fsp3) is 0.118. The second kappa shape index (κ2) is 6.14. The van der Waals surface area contributed by atoms with Gasteiger partial charge in [0, 0.05) is 11.9 Å². The lowest BCUT2D eigenvalue weighted by atomic mass is 10.0. The van der Waals surface area contributed by atoms with Crippen LogP contribution < -0.4 is 10.1 Å². The summed E-state index contributed by atoms with van der Waals surface area (Å²) in [5.41, 5.74) is 2.23. The molecule has 0 fully saturated rings. The van der Waals surface area contributed by atoms with E-state index in [0.717, 1.165) is 28.0 Å². The second-order valence-electron chi connectivity index (χ2n) is 4.70. The number of aromatic nitrogens is 1. The average Bonchev–Trinajstić information content (AvgIpc) is 2.54. The lowest BCUT2D eigenvalue weighted by Crippen LogP contribution is -2.01. The average molecular weight is 343 g/mol. The number of hydrogen-bond acceptors (Lipinski definition) is 3. The van der Waals surface area contributed by atoms with E-state index >= 15 is 0 Å². The SMILES string of the molecule is COc1ccc(CNc2ccc(Br)nc2)c2ccccc12. The Morgan fingerprint density at radius 2 is 1.86 bits per heavy atom. The number of rotatable bonds is 4. The molecule has 0 atom stereocenters. The zero-order valence-corrected chi connectivity index (χ0v) is 13.2. The van der Waals surface area contributed by atoms with Crippen molar-refractivity contribution in [2.24, 2.45) is 0 Å². The van der Waals surface area contributed by atoms with Gasteiger partial charge in [-0.3, -0.25) is 0 Å². The van der Waals surface area contributed by atoms with Gasteiger partial charge in [-0.2, -0.15) is 0 Å². The zero-order chi connectivity index (χ0) is 14.7. The Morgan fingerprint density at radius 1 is 1.05 bits per heavy atom. The van der Waals surface area contributed by atoms with E-state index in [0.29, 0.717) is 0 Å². The molecule has 3 aromatic rings. The molecule has 0 saturated heterocycles. The van der Waals surface area contributed by atoms with Gasteiger partial charge in [0.15, 0.2) is 0 Å². The van der Waals surface area contributed by atoms with Crippen LogP contribution in [-0.4, -0.2) is 12.1 Å². The highest BCUT2D eigenvalue weighted by atomic mass is 79.9. The van der Waals surface area contributed by atoms with Gasteiger partial charge >= 0.3 is 0 Å². The van der Waals surface area contributed by atoms with Crippen molar-refractivity contribution in [1.29, 1.82) is 0 Å². The first-order chi connectivity index (χ1) is 10.3. The molecule has 0 saturated carbocycles. The highest BCUT2D eigenvalue weighted by Crippen LogP contribution is 2.28. The summed E-state index contributed by atoms with van der Waals surface area (Å²) in [6, 6.07) is 16.3. The molecule has 0 bridgehead atoms. The summed E-state index contributed by atoms with van der Waals surface area (Å²) >= 11 is 3.34. The van der Waals surface area contributed by atoms with Gasteiger partial charge in [0.05, 0.1) is 19.0 Å². The van der Waals surface area contributed by atoms with E-state index in [4.69, 9.17) is 4.74 Å². The maximum Gasteiger partial charge on any atom is 0.126 e. The first-order valence-electron chi connectivity index (χ1n) is 6.68. The molecule has 0 amide bonds. The molecule has 0 aliphatic rings. The summed E-state index contributed by atoms with van der Waals surface area (Å²) in [7, 11) is 1.70. The number of pyridine rings is 1. The molecule has 0 spiro atoms. The minimum atomic E-state index is 0.744. The molecule has 3 nitrogen and oxygen atoms in total. The van der Waals surface area contributed by atoms with Crippen LogP contribution in [0.4, 0.5) is 5.69 Å². The number of benzene rings is 2. The van der Waals surface area contributed by atoms with Crippen molar-refractivity contribution in [3.63, 3.8) is 0 Å². The number of anilines is 1. The highest BCUT2D eigenvalue weighted by molar-refractivity contribution is 9.10. The van der Waals surface area contributed by atoms with E-state index in [9.17, 15) is 0 Å². The largest absolute Gasteiger partial charge is 0.496 e. The van der Waals surface area contributed by atoms with Gasteiger partial charge in [-0.1, -0.05) is 30.3 Å². The van der Waals surface area contributed by atoms with Crippen LogP contribution in [-0.2, 0) is 6.54 Å². The van der Waals surface area contributed by atoms with Crippen LogP contribution in [0.5, 0.6) is 5.75 Å². The predicted molar refractivity (Wildman–Crippen MR) is 89.8 cm³/mol. The summed E-state index contributed by atoms with van der Waals surface area (Å²) < 4.78 is 6.26. The van der Waals surface area contributed by atoms with Crippen molar-refractivity contribution >= 4 is 32.4 Å². The summed E-state index contributed by atoms with van der Waals surface area (Å²) in [5, 5.41) is 5.73. The molecule has 1 N–H and O–H groups in total. The molecule has 106 valence electrons. The van der Waals surface area contributed by atoms with Crippen molar-refractivity contribution < 1.29 is 4.74 Å². The fourth-order valence-corrected chi connectivity index (χ4v) is 2.58. The van der Waals surface area contributed by atoms with Crippen molar-refractivity contribution in [3.8, 4) is 5.75 Å². The zero-order valence-electron chi connectivity index (χ0n) is 11.6. The minimum absolute atomic E-state index is 0.744. The van der Waals surface area contributed by atoms with Crippen LogP contribution in [0.25, 0.3) is 10.8 Å². The summed E-state index contributed by atoms with van der Waals surface area (Å²) in [6.45, 7) is 0.744. The molecule has 0 unspecified atom stereocenters. The Bertz CT molecular complexity index is 756. The topological polar surface area (TPSA) is 34.1 Å². The normalized spacial score (nSPS) is 10.6. The second-order valence-corrected chi connectivity index (χ2v) is 5.51. The van der Waals surface area contributed by atoms with Crippen LogP contribution in [0.2, 0.25) is 0 Å². The quantitative estimate of drug-likeness (QED) is 0.702. The van der Waals surface area contributed by atoms with Gasteiger partial charge in [0.1, 0.15) is 10.4 Å². The van der Waals surface area contributed by atoms with Crippen LogP contribution in [0.1, 0.15) is 5.56 Å². The van der Waals surface area contributed by atoms with E-state index in [1.54, 1.807) is 7.11 Å². The number of methoxy groups -OCH3 is 1. The van der Waals surface area contributed by atoms with E-state index in [2.05, 4.69) is 44.4 Å². The van der Waals surface area contributed by atoms with Gasteiger partial charge in [-0.25, -0.2) is 4.98 Å². The molecule has 2 aromatic carbocycles. The van der Waals surface area contributed by atoms with E-state index < -0.39 is 0 Å². The third-order valence-corrected chi connectivity index (χ3v) is 3.87. The first-order valence-corrected chi connectivity index (χ1v) is 7.47. The van der Waals surface area contributed by atoms with Gasteiger partial charge in [-0.05, 0) is 45.1 Å². The maximum atomic E-state index is 5.42. The molecule has 21 heavy (non-hydrogen) atoms. The summed E-state index contributed by atoms with van der Waals surface area (Å²) in [4.78, 5) is 4.22. The molecule has 1 heterocycles. The monoisotopic (exact) mass is 342 g/mol. The van der Waals surface area contributed by atoms with Crippen molar-refractivity contribution in [2.45, 2.75) is 6.54 Å².